The van der Waals surface area contributed by atoms with Crippen LogP contribution in [0.15, 0.2) is 120 Å². The number of halogens is 1. The van der Waals surface area contributed by atoms with Crippen LogP contribution in [0, 0.1) is 23.9 Å². The van der Waals surface area contributed by atoms with Gasteiger partial charge in [-0.25, -0.2) is 4.39 Å². The molecule has 0 saturated carbocycles. The van der Waals surface area contributed by atoms with Gasteiger partial charge >= 0.3 is 0 Å². The minimum Gasteiger partial charge on any atom is -0.501 e. The number of hydrogen-bond acceptors (Lipinski definition) is 3. The van der Waals surface area contributed by atoms with Crippen molar-refractivity contribution in [2.24, 2.45) is 5.92 Å². The Morgan fingerprint density at radius 2 is 1.54 bits per heavy atom. The first kappa shape index (κ1) is 35.1. The number of fused-ring (bicyclic) bond motifs is 3. The Morgan fingerprint density at radius 3 is 2.23 bits per heavy atom. The fourth-order valence-corrected chi connectivity index (χ4v) is 6.62. The van der Waals surface area contributed by atoms with Crippen molar-refractivity contribution >= 4 is 35.2 Å². The fourth-order valence-electron chi connectivity index (χ4n) is 5.58. The van der Waals surface area contributed by atoms with Crippen LogP contribution < -0.4 is 5.19 Å². The first-order valence-electron chi connectivity index (χ1n) is 16.1. The molecule has 245 valence electrons. The zero-order valence-electron chi connectivity index (χ0n) is 28.1. The molecule has 0 saturated heterocycles. The van der Waals surface area contributed by atoms with Gasteiger partial charge in [0, 0.05) is 37.9 Å². The van der Waals surface area contributed by atoms with E-state index in [0.29, 0.717) is 11.8 Å². The van der Waals surface area contributed by atoms with Crippen LogP contribution in [0.3, 0.4) is 0 Å². The maximum absolute atomic E-state index is 13.7. The maximum atomic E-state index is 13.7. The minimum atomic E-state index is -1.23. The van der Waals surface area contributed by atoms with E-state index in [4.69, 9.17) is 4.42 Å². The molecular formula is C42H39FIrN2OSi-2. The molecule has 6 heteroatoms. The number of pyridine rings is 2. The molecule has 48 heavy (non-hydrogen) atoms. The van der Waals surface area contributed by atoms with Gasteiger partial charge in [0.1, 0.15) is 11.4 Å². The van der Waals surface area contributed by atoms with E-state index < -0.39 is 8.07 Å². The van der Waals surface area contributed by atoms with Crippen LogP contribution >= 0.6 is 0 Å². The van der Waals surface area contributed by atoms with Gasteiger partial charge in [0.25, 0.3) is 0 Å². The number of nitrogens with zero attached hydrogens (tertiary/aromatic N) is 2. The molecule has 4 aromatic carbocycles. The summed E-state index contributed by atoms with van der Waals surface area (Å²) in [5, 5.41) is 3.45. The van der Waals surface area contributed by atoms with Crippen molar-refractivity contribution in [2.45, 2.75) is 46.3 Å². The molecule has 0 aliphatic heterocycles. The first-order valence-corrected chi connectivity index (χ1v) is 19.6. The van der Waals surface area contributed by atoms with E-state index in [0.717, 1.165) is 55.6 Å². The van der Waals surface area contributed by atoms with E-state index in [2.05, 4.69) is 86.8 Å². The van der Waals surface area contributed by atoms with E-state index in [9.17, 15) is 4.39 Å². The Bertz CT molecular complexity index is 2140. The predicted octanol–water partition coefficient (Wildman–Crippen LogP) is 11.1. The van der Waals surface area contributed by atoms with Gasteiger partial charge in [-0.2, -0.15) is 0 Å². The average Bonchev–Trinajstić information content (AvgIpc) is 3.46. The molecule has 0 aliphatic rings. The Balaban J connectivity index is 0.000000224. The molecule has 0 bridgehead atoms. The number of benzene rings is 4. The molecule has 3 heterocycles. The first-order chi connectivity index (χ1) is 22.6. The summed E-state index contributed by atoms with van der Waals surface area (Å²) in [4.78, 5) is 9.13. The van der Waals surface area contributed by atoms with Crippen molar-refractivity contribution in [3.63, 3.8) is 0 Å². The van der Waals surface area contributed by atoms with Gasteiger partial charge in [-0.3, -0.25) is 0 Å². The molecule has 0 fully saturated rings. The molecule has 3 aromatic heterocycles. The van der Waals surface area contributed by atoms with Crippen LogP contribution in [0.1, 0.15) is 32.3 Å². The van der Waals surface area contributed by atoms with Crippen molar-refractivity contribution < 1.29 is 28.9 Å². The molecule has 1 atom stereocenters. The summed E-state index contributed by atoms with van der Waals surface area (Å²) in [7, 11) is -1.23. The third-order valence-electron chi connectivity index (χ3n) is 8.77. The fraction of sp³-hybridized carbons (Fsp3) is 0.190. The van der Waals surface area contributed by atoms with Crippen LogP contribution in [0.2, 0.25) is 19.6 Å². The van der Waals surface area contributed by atoms with Gasteiger partial charge in [0.05, 0.1) is 13.7 Å². The van der Waals surface area contributed by atoms with Crippen LogP contribution in [-0.2, 0) is 20.1 Å². The monoisotopic (exact) mass is 827 g/mol. The minimum absolute atomic E-state index is 0. The Morgan fingerprint density at radius 1 is 0.729 bits per heavy atom. The number of furan rings is 1. The topological polar surface area (TPSA) is 38.9 Å². The summed E-state index contributed by atoms with van der Waals surface area (Å²) in [6, 6.07) is 39.6. The van der Waals surface area contributed by atoms with Crippen LogP contribution in [0.5, 0.6) is 0 Å². The van der Waals surface area contributed by atoms with Crippen molar-refractivity contribution in [1.29, 1.82) is 0 Å². The zero-order chi connectivity index (χ0) is 33.1. The third-order valence-corrected chi connectivity index (χ3v) is 10.8. The zero-order valence-corrected chi connectivity index (χ0v) is 31.5. The Kier molecular flexibility index (Phi) is 10.9. The van der Waals surface area contributed by atoms with Gasteiger partial charge < -0.3 is 14.4 Å². The van der Waals surface area contributed by atoms with Gasteiger partial charge in [0.2, 0.25) is 0 Å². The standard InChI is InChI=1S/C28H23FNO.C14H16NSi.Ir/c1-17(2)18(3)19-12-13-30-26(15-19)25-9-5-8-24-23-11-10-21(16-27(23)31-28(24)25)20-6-4-7-22(29)14-20;1-16(2,3)13-9-10-14(15-11-13)12-7-5-4-6-8-12;/h4-8,10-18H,1-3H3;4-7,9-11H,1-3H3;/q2*-1;. The van der Waals surface area contributed by atoms with E-state index in [1.807, 2.05) is 73.1 Å². The normalized spacial score (nSPS) is 12.0. The van der Waals surface area contributed by atoms with Crippen molar-refractivity contribution in [1.82, 2.24) is 9.97 Å². The maximum Gasteiger partial charge on any atom is 0.123 e. The van der Waals surface area contributed by atoms with Crippen molar-refractivity contribution in [3.05, 3.63) is 139 Å². The van der Waals surface area contributed by atoms with Gasteiger partial charge in [-0.05, 0) is 63.8 Å². The van der Waals surface area contributed by atoms with E-state index in [-0.39, 0.29) is 25.9 Å². The largest absolute Gasteiger partial charge is 0.501 e. The summed E-state index contributed by atoms with van der Waals surface area (Å²) < 4.78 is 20.0. The summed E-state index contributed by atoms with van der Waals surface area (Å²) in [6.07, 6.45) is 3.88. The smallest absolute Gasteiger partial charge is 0.123 e. The van der Waals surface area contributed by atoms with Crippen LogP contribution in [0.25, 0.3) is 55.6 Å². The quantitative estimate of drug-likeness (QED) is 0.124. The van der Waals surface area contributed by atoms with E-state index in [1.54, 1.807) is 6.07 Å². The second kappa shape index (κ2) is 14.9. The molecular weight excluding hydrogens is 788 g/mol. The molecule has 7 aromatic rings. The molecule has 0 amide bonds. The summed E-state index contributed by atoms with van der Waals surface area (Å²) in [5.41, 5.74) is 8.33. The van der Waals surface area contributed by atoms with Gasteiger partial charge in [-0.1, -0.05) is 99.4 Å². The second-order valence-corrected chi connectivity index (χ2v) is 18.5. The third kappa shape index (κ3) is 7.73. The van der Waals surface area contributed by atoms with Crippen LogP contribution in [-0.4, -0.2) is 18.0 Å². The van der Waals surface area contributed by atoms with Crippen LogP contribution in [0.4, 0.5) is 4.39 Å². The van der Waals surface area contributed by atoms with E-state index in [1.165, 1.54) is 22.9 Å². The molecule has 0 N–H and O–H groups in total. The SMILES string of the molecule is CC(C)C(C)c1ccnc(-c2[c-]ccc3c2oc2cc(-c4cccc(F)c4)ccc23)c1.C[Si](C)(C)c1ccc(-c2[c-]cccc2)nc1.[Ir]. The Hall–Kier alpha value is -4.22. The van der Waals surface area contributed by atoms with Gasteiger partial charge in [0.15, 0.2) is 0 Å². The number of hydrogen-bond donors (Lipinski definition) is 0. The second-order valence-electron chi connectivity index (χ2n) is 13.4. The molecule has 0 aliphatic carbocycles. The number of rotatable bonds is 6. The average molecular weight is 827 g/mol. The molecule has 3 nitrogen and oxygen atoms in total. The van der Waals surface area contributed by atoms with Crippen molar-refractivity contribution in [2.75, 3.05) is 0 Å². The molecule has 0 spiro atoms. The van der Waals surface area contributed by atoms with E-state index >= 15 is 0 Å². The van der Waals surface area contributed by atoms with Crippen molar-refractivity contribution in [3.8, 4) is 33.6 Å². The summed E-state index contributed by atoms with van der Waals surface area (Å²) in [5.74, 6) is 0.730. The molecule has 7 rings (SSSR count). The Labute approximate surface area is 297 Å². The number of aromatic nitrogens is 2. The summed E-state index contributed by atoms with van der Waals surface area (Å²) in [6.45, 7) is 13.7. The molecule has 1 unspecified atom stereocenters. The van der Waals surface area contributed by atoms with Gasteiger partial charge in [-0.15, -0.1) is 54.1 Å². The molecule has 1 radical (unpaired) electrons. The summed E-state index contributed by atoms with van der Waals surface area (Å²) >= 11 is 0. The predicted molar refractivity (Wildman–Crippen MR) is 196 cm³/mol.